The zero-order chi connectivity index (χ0) is 11.8. The quantitative estimate of drug-likeness (QED) is 0.819. The van der Waals surface area contributed by atoms with Gasteiger partial charge in [0, 0.05) is 5.69 Å². The topological polar surface area (TPSA) is 60.2 Å². The number of aryl methyl sites for hydroxylation is 1. The average molecular weight is 239 g/mol. The Morgan fingerprint density at radius 2 is 2.06 bits per heavy atom. The van der Waals surface area contributed by atoms with E-state index in [1.165, 1.54) is 12.8 Å². The van der Waals surface area contributed by atoms with Crippen molar-refractivity contribution in [3.63, 3.8) is 0 Å². The lowest BCUT2D eigenvalue weighted by molar-refractivity contribution is 0.590. The Morgan fingerprint density at radius 3 is 2.69 bits per heavy atom. The fourth-order valence-electron chi connectivity index (χ4n) is 1.79. The van der Waals surface area contributed by atoms with Crippen molar-refractivity contribution >= 4 is 15.5 Å². The van der Waals surface area contributed by atoms with E-state index in [0.717, 1.165) is 12.0 Å². The van der Waals surface area contributed by atoms with Crippen molar-refractivity contribution in [1.82, 2.24) is 0 Å². The molecule has 0 aromatic heterocycles. The van der Waals surface area contributed by atoms with Crippen LogP contribution in [0.15, 0.2) is 23.1 Å². The summed E-state index contributed by atoms with van der Waals surface area (Å²) in [4.78, 5) is 0.396. The zero-order valence-electron chi connectivity index (χ0n) is 9.44. The van der Waals surface area contributed by atoms with Gasteiger partial charge in [0.15, 0.2) is 9.84 Å². The molecule has 3 nitrogen and oxygen atoms in total. The number of hydrogen-bond acceptors (Lipinski definition) is 3. The average Bonchev–Trinajstić information content (AvgIpc) is 3.02. The van der Waals surface area contributed by atoms with Crippen LogP contribution < -0.4 is 5.73 Å². The van der Waals surface area contributed by atoms with Crippen LogP contribution in [0.3, 0.4) is 0 Å². The first-order valence-corrected chi connectivity index (χ1v) is 7.23. The van der Waals surface area contributed by atoms with Gasteiger partial charge in [0.05, 0.1) is 10.6 Å². The summed E-state index contributed by atoms with van der Waals surface area (Å²) in [6.07, 6.45) is 3.16. The molecule has 1 fully saturated rings. The highest BCUT2D eigenvalue weighted by Crippen LogP contribution is 2.33. The standard InChI is InChI=1S/C12H17NO2S/c1-9-2-5-11(13)8-12(9)16(14,15)7-6-10-3-4-10/h2,5,8,10H,3-4,6-7,13H2,1H3. The molecule has 0 saturated heterocycles. The number of nitrogen functional groups attached to an aromatic ring is 1. The van der Waals surface area contributed by atoms with Gasteiger partial charge in [-0.15, -0.1) is 0 Å². The number of sulfone groups is 1. The molecule has 1 aliphatic rings. The molecule has 0 radical (unpaired) electrons. The lowest BCUT2D eigenvalue weighted by Gasteiger charge is -2.08. The van der Waals surface area contributed by atoms with Crippen LogP contribution in [0, 0.1) is 12.8 Å². The van der Waals surface area contributed by atoms with Gasteiger partial charge < -0.3 is 5.73 Å². The highest BCUT2D eigenvalue weighted by Gasteiger charge is 2.25. The van der Waals surface area contributed by atoms with Crippen LogP contribution in [-0.4, -0.2) is 14.2 Å². The Labute approximate surface area is 96.6 Å². The number of anilines is 1. The van der Waals surface area contributed by atoms with E-state index in [9.17, 15) is 8.42 Å². The predicted octanol–water partition coefficient (Wildman–Crippen LogP) is 2.15. The number of nitrogens with two attached hydrogens (primary N) is 1. The van der Waals surface area contributed by atoms with Crippen LogP contribution in [-0.2, 0) is 9.84 Å². The molecule has 0 unspecified atom stereocenters. The summed E-state index contributed by atoms with van der Waals surface area (Å²) in [6.45, 7) is 1.81. The van der Waals surface area contributed by atoms with Crippen LogP contribution >= 0.6 is 0 Å². The smallest absolute Gasteiger partial charge is 0.178 e. The van der Waals surface area contributed by atoms with E-state index < -0.39 is 9.84 Å². The van der Waals surface area contributed by atoms with E-state index >= 15 is 0 Å². The Morgan fingerprint density at radius 1 is 1.38 bits per heavy atom. The summed E-state index contributed by atoms with van der Waals surface area (Å²) >= 11 is 0. The van der Waals surface area contributed by atoms with Crippen LogP contribution in [0.4, 0.5) is 5.69 Å². The minimum absolute atomic E-state index is 0.252. The van der Waals surface area contributed by atoms with Gasteiger partial charge >= 0.3 is 0 Å². The normalized spacial score (nSPS) is 16.3. The third-order valence-corrected chi connectivity index (χ3v) is 4.92. The number of hydrogen-bond donors (Lipinski definition) is 1. The number of benzene rings is 1. The van der Waals surface area contributed by atoms with E-state index in [2.05, 4.69) is 0 Å². The molecular weight excluding hydrogens is 222 g/mol. The van der Waals surface area contributed by atoms with E-state index in [4.69, 9.17) is 5.73 Å². The van der Waals surface area contributed by atoms with E-state index in [-0.39, 0.29) is 5.75 Å². The van der Waals surface area contributed by atoms with Gasteiger partial charge in [0.25, 0.3) is 0 Å². The van der Waals surface area contributed by atoms with Gasteiger partial charge in [-0.1, -0.05) is 18.9 Å². The van der Waals surface area contributed by atoms with Gasteiger partial charge in [0.2, 0.25) is 0 Å². The summed E-state index contributed by atoms with van der Waals surface area (Å²) in [7, 11) is -3.15. The fourth-order valence-corrected chi connectivity index (χ4v) is 3.53. The molecule has 0 spiro atoms. The van der Waals surface area contributed by atoms with Gasteiger partial charge in [0.1, 0.15) is 0 Å². The van der Waals surface area contributed by atoms with Gasteiger partial charge in [-0.05, 0) is 37.0 Å². The molecule has 0 atom stereocenters. The fraction of sp³-hybridized carbons (Fsp3) is 0.500. The van der Waals surface area contributed by atoms with Crippen molar-refractivity contribution in [2.45, 2.75) is 31.1 Å². The highest BCUT2D eigenvalue weighted by molar-refractivity contribution is 7.91. The molecule has 0 aliphatic heterocycles. The molecule has 16 heavy (non-hydrogen) atoms. The largest absolute Gasteiger partial charge is 0.399 e. The van der Waals surface area contributed by atoms with Crippen LogP contribution in [0.5, 0.6) is 0 Å². The molecule has 0 bridgehead atoms. The van der Waals surface area contributed by atoms with Crippen LogP contribution in [0.2, 0.25) is 0 Å². The first-order chi connectivity index (χ1) is 7.49. The lowest BCUT2D eigenvalue weighted by atomic mass is 10.2. The lowest BCUT2D eigenvalue weighted by Crippen LogP contribution is -2.09. The Balaban J connectivity index is 2.22. The summed E-state index contributed by atoms with van der Waals surface area (Å²) in [6, 6.07) is 5.06. The second kappa shape index (κ2) is 4.09. The Kier molecular flexibility index (Phi) is 2.93. The summed E-state index contributed by atoms with van der Waals surface area (Å²) in [5.41, 5.74) is 6.92. The second-order valence-electron chi connectivity index (χ2n) is 4.58. The highest BCUT2D eigenvalue weighted by atomic mass is 32.2. The molecule has 1 saturated carbocycles. The summed E-state index contributed by atoms with van der Waals surface area (Å²) in [5, 5.41) is 0. The third kappa shape index (κ3) is 2.55. The molecular formula is C12H17NO2S. The molecule has 0 heterocycles. The van der Waals surface area contributed by atoms with Crippen molar-refractivity contribution in [1.29, 1.82) is 0 Å². The van der Waals surface area contributed by atoms with Crippen molar-refractivity contribution in [2.24, 2.45) is 5.92 Å². The molecule has 1 aromatic rings. The van der Waals surface area contributed by atoms with E-state index in [0.29, 0.717) is 16.5 Å². The zero-order valence-corrected chi connectivity index (χ0v) is 10.3. The second-order valence-corrected chi connectivity index (χ2v) is 6.65. The summed E-state index contributed by atoms with van der Waals surface area (Å²) in [5.74, 6) is 0.887. The van der Waals surface area contributed by atoms with Crippen molar-refractivity contribution < 1.29 is 8.42 Å². The predicted molar refractivity (Wildman–Crippen MR) is 65.0 cm³/mol. The van der Waals surface area contributed by atoms with E-state index in [1.54, 1.807) is 18.2 Å². The van der Waals surface area contributed by atoms with Crippen LogP contribution in [0.25, 0.3) is 0 Å². The van der Waals surface area contributed by atoms with Crippen LogP contribution in [0.1, 0.15) is 24.8 Å². The molecule has 1 aliphatic carbocycles. The van der Waals surface area contributed by atoms with E-state index in [1.807, 2.05) is 6.92 Å². The minimum Gasteiger partial charge on any atom is -0.399 e. The first-order valence-electron chi connectivity index (χ1n) is 5.58. The maximum absolute atomic E-state index is 12.1. The minimum atomic E-state index is -3.15. The number of rotatable bonds is 4. The van der Waals surface area contributed by atoms with Crippen molar-refractivity contribution in [3.05, 3.63) is 23.8 Å². The SMILES string of the molecule is Cc1ccc(N)cc1S(=O)(=O)CCC1CC1. The molecule has 0 amide bonds. The molecule has 4 heteroatoms. The van der Waals surface area contributed by atoms with Gasteiger partial charge in [-0.2, -0.15) is 0 Å². The Hall–Kier alpha value is -1.03. The Bertz CT molecular complexity index is 490. The first kappa shape index (κ1) is 11.5. The van der Waals surface area contributed by atoms with Crippen molar-refractivity contribution in [3.8, 4) is 0 Å². The molecule has 2 rings (SSSR count). The third-order valence-electron chi connectivity index (χ3n) is 3.04. The maximum atomic E-state index is 12.1. The summed E-state index contributed by atoms with van der Waals surface area (Å²) < 4.78 is 24.2. The monoisotopic (exact) mass is 239 g/mol. The molecule has 88 valence electrons. The van der Waals surface area contributed by atoms with Crippen molar-refractivity contribution in [2.75, 3.05) is 11.5 Å². The molecule has 1 aromatic carbocycles. The van der Waals surface area contributed by atoms with Gasteiger partial charge in [-0.25, -0.2) is 8.42 Å². The van der Waals surface area contributed by atoms with Gasteiger partial charge in [-0.3, -0.25) is 0 Å². The maximum Gasteiger partial charge on any atom is 0.178 e. The molecule has 2 N–H and O–H groups in total.